The number of aromatic amines is 1. The summed E-state index contributed by atoms with van der Waals surface area (Å²) in [6, 6.07) is 7.95. The SMILES string of the molecule is FC(F)(F)c1ccc(CNc2ccc(Cc3cc[nH]c3)c(Cl)n2)cn1. The fraction of sp³-hybridized carbons (Fsp3) is 0.176. The summed E-state index contributed by atoms with van der Waals surface area (Å²) in [5.74, 6) is 0.544. The van der Waals surface area contributed by atoms with Gasteiger partial charge in [-0.2, -0.15) is 13.2 Å². The summed E-state index contributed by atoms with van der Waals surface area (Å²) >= 11 is 6.20. The van der Waals surface area contributed by atoms with Gasteiger partial charge in [-0.05, 0) is 34.9 Å². The van der Waals surface area contributed by atoms with Crippen LogP contribution in [0.5, 0.6) is 0 Å². The quantitative estimate of drug-likeness (QED) is 0.645. The monoisotopic (exact) mass is 366 g/mol. The van der Waals surface area contributed by atoms with Crippen molar-refractivity contribution in [2.75, 3.05) is 5.32 Å². The molecule has 0 amide bonds. The Balaban J connectivity index is 1.62. The summed E-state index contributed by atoms with van der Waals surface area (Å²) in [6.07, 6.45) is 1.15. The molecule has 0 fully saturated rings. The van der Waals surface area contributed by atoms with Gasteiger partial charge in [0.1, 0.15) is 16.7 Å². The van der Waals surface area contributed by atoms with E-state index in [2.05, 4.69) is 20.3 Å². The van der Waals surface area contributed by atoms with Crippen LogP contribution in [-0.4, -0.2) is 15.0 Å². The summed E-state index contributed by atoms with van der Waals surface area (Å²) in [5, 5.41) is 3.41. The third kappa shape index (κ3) is 4.51. The first-order valence-corrected chi connectivity index (χ1v) is 7.83. The zero-order valence-corrected chi connectivity index (χ0v) is 13.7. The molecule has 0 spiro atoms. The lowest BCUT2D eigenvalue weighted by atomic mass is 10.1. The summed E-state index contributed by atoms with van der Waals surface area (Å²) in [4.78, 5) is 10.7. The molecule has 8 heteroatoms. The van der Waals surface area contributed by atoms with E-state index < -0.39 is 11.9 Å². The van der Waals surface area contributed by atoms with Gasteiger partial charge in [0, 0.05) is 31.6 Å². The minimum atomic E-state index is -4.43. The number of pyridine rings is 2. The van der Waals surface area contributed by atoms with Crippen molar-refractivity contribution < 1.29 is 13.2 Å². The molecule has 3 heterocycles. The number of aromatic nitrogens is 3. The van der Waals surface area contributed by atoms with Crippen molar-refractivity contribution in [3.8, 4) is 0 Å². The smallest absolute Gasteiger partial charge is 0.367 e. The molecule has 2 N–H and O–H groups in total. The van der Waals surface area contributed by atoms with Crippen LogP contribution < -0.4 is 5.32 Å². The highest BCUT2D eigenvalue weighted by Crippen LogP contribution is 2.27. The van der Waals surface area contributed by atoms with E-state index in [0.29, 0.717) is 29.5 Å². The zero-order valence-electron chi connectivity index (χ0n) is 12.9. The number of halogens is 4. The first-order valence-electron chi connectivity index (χ1n) is 7.45. The molecule has 3 rings (SSSR count). The van der Waals surface area contributed by atoms with Crippen molar-refractivity contribution in [3.05, 3.63) is 76.5 Å². The van der Waals surface area contributed by atoms with Gasteiger partial charge in [0.05, 0.1) is 0 Å². The highest BCUT2D eigenvalue weighted by molar-refractivity contribution is 6.30. The van der Waals surface area contributed by atoms with E-state index in [4.69, 9.17) is 11.6 Å². The molecule has 0 saturated carbocycles. The number of nitrogens with zero attached hydrogens (tertiary/aromatic N) is 2. The molecular weight excluding hydrogens is 353 g/mol. The molecule has 0 radical (unpaired) electrons. The minimum Gasteiger partial charge on any atom is -0.367 e. The molecule has 0 aliphatic carbocycles. The van der Waals surface area contributed by atoms with E-state index in [1.165, 1.54) is 12.3 Å². The third-order valence-corrected chi connectivity index (χ3v) is 3.90. The molecule has 0 atom stereocenters. The van der Waals surface area contributed by atoms with Gasteiger partial charge in [-0.25, -0.2) is 4.98 Å². The maximum absolute atomic E-state index is 12.5. The Morgan fingerprint density at radius 1 is 1.08 bits per heavy atom. The van der Waals surface area contributed by atoms with Gasteiger partial charge in [0.2, 0.25) is 0 Å². The second-order valence-electron chi connectivity index (χ2n) is 5.45. The minimum absolute atomic E-state index is 0.297. The standard InChI is InChI=1S/C17H14ClF3N4/c18-16-13(7-11-5-6-22-8-11)2-4-15(25-16)24-10-12-1-3-14(23-9-12)17(19,20)21/h1-6,8-9,22H,7,10H2,(H,24,25). The molecule has 0 unspecified atom stereocenters. The number of anilines is 1. The van der Waals surface area contributed by atoms with Crippen LogP contribution in [0.1, 0.15) is 22.4 Å². The Morgan fingerprint density at radius 3 is 2.52 bits per heavy atom. The normalized spacial score (nSPS) is 11.5. The second-order valence-corrected chi connectivity index (χ2v) is 5.80. The lowest BCUT2D eigenvalue weighted by Gasteiger charge is -2.09. The number of rotatable bonds is 5. The predicted octanol–water partition coefficient (Wildman–Crippen LogP) is 4.68. The highest BCUT2D eigenvalue weighted by atomic mass is 35.5. The number of nitrogens with one attached hydrogen (secondary N) is 2. The predicted molar refractivity (Wildman–Crippen MR) is 89.4 cm³/mol. The lowest BCUT2D eigenvalue weighted by molar-refractivity contribution is -0.141. The second kappa shape index (κ2) is 7.14. The fourth-order valence-corrected chi connectivity index (χ4v) is 2.49. The van der Waals surface area contributed by atoms with Gasteiger partial charge in [-0.3, -0.25) is 4.98 Å². The number of hydrogen-bond donors (Lipinski definition) is 2. The lowest BCUT2D eigenvalue weighted by Crippen LogP contribution is -2.09. The average molecular weight is 367 g/mol. The van der Waals surface area contributed by atoms with Crippen LogP contribution in [0.25, 0.3) is 0 Å². The number of alkyl halides is 3. The average Bonchev–Trinajstić information content (AvgIpc) is 3.08. The molecule has 0 saturated heterocycles. The van der Waals surface area contributed by atoms with Crippen molar-refractivity contribution in [1.29, 1.82) is 0 Å². The first-order chi connectivity index (χ1) is 11.9. The first kappa shape index (κ1) is 17.3. The van der Waals surface area contributed by atoms with Gasteiger partial charge in [0.15, 0.2) is 0 Å². The van der Waals surface area contributed by atoms with E-state index in [0.717, 1.165) is 17.2 Å². The Bertz CT molecular complexity index is 830. The van der Waals surface area contributed by atoms with Gasteiger partial charge in [-0.15, -0.1) is 0 Å². The third-order valence-electron chi connectivity index (χ3n) is 3.57. The molecule has 4 nitrogen and oxygen atoms in total. The molecule has 0 bridgehead atoms. The Kier molecular flexibility index (Phi) is 4.94. The fourth-order valence-electron chi connectivity index (χ4n) is 2.27. The van der Waals surface area contributed by atoms with E-state index in [1.54, 1.807) is 6.07 Å². The Hall–Kier alpha value is -2.54. The van der Waals surface area contributed by atoms with Crippen LogP contribution in [-0.2, 0) is 19.1 Å². The highest BCUT2D eigenvalue weighted by Gasteiger charge is 2.31. The van der Waals surface area contributed by atoms with Crippen molar-refractivity contribution in [2.24, 2.45) is 0 Å². The largest absolute Gasteiger partial charge is 0.433 e. The van der Waals surface area contributed by atoms with E-state index in [9.17, 15) is 13.2 Å². The summed E-state index contributed by atoms with van der Waals surface area (Å²) in [5.41, 5.74) is 1.69. The van der Waals surface area contributed by atoms with Crippen LogP contribution in [0, 0.1) is 0 Å². The molecular formula is C17H14ClF3N4. The van der Waals surface area contributed by atoms with Crippen molar-refractivity contribution in [2.45, 2.75) is 19.1 Å². The van der Waals surface area contributed by atoms with Crippen molar-refractivity contribution in [1.82, 2.24) is 15.0 Å². The zero-order chi connectivity index (χ0) is 17.9. The molecule has 130 valence electrons. The topological polar surface area (TPSA) is 53.6 Å². The van der Waals surface area contributed by atoms with Crippen LogP contribution >= 0.6 is 11.6 Å². The Labute approximate surface area is 147 Å². The Morgan fingerprint density at radius 2 is 1.92 bits per heavy atom. The van der Waals surface area contributed by atoms with Crippen molar-refractivity contribution in [3.63, 3.8) is 0 Å². The van der Waals surface area contributed by atoms with Crippen LogP contribution in [0.15, 0.2) is 48.9 Å². The van der Waals surface area contributed by atoms with E-state index >= 15 is 0 Å². The summed E-state index contributed by atoms with van der Waals surface area (Å²) < 4.78 is 37.5. The van der Waals surface area contributed by atoms with Gasteiger partial charge >= 0.3 is 6.18 Å². The molecule has 3 aromatic heterocycles. The molecule has 0 aliphatic rings. The van der Waals surface area contributed by atoms with Gasteiger partial charge in [-0.1, -0.05) is 23.7 Å². The molecule has 3 aromatic rings. The van der Waals surface area contributed by atoms with Gasteiger partial charge < -0.3 is 10.3 Å². The molecule has 0 aromatic carbocycles. The van der Waals surface area contributed by atoms with E-state index in [1.807, 2.05) is 24.5 Å². The number of H-pyrrole nitrogens is 1. The maximum Gasteiger partial charge on any atom is 0.433 e. The summed E-state index contributed by atoms with van der Waals surface area (Å²) in [6.45, 7) is 0.297. The molecule has 0 aliphatic heterocycles. The van der Waals surface area contributed by atoms with Crippen LogP contribution in [0.2, 0.25) is 5.15 Å². The maximum atomic E-state index is 12.5. The van der Waals surface area contributed by atoms with Crippen molar-refractivity contribution >= 4 is 17.4 Å². The van der Waals surface area contributed by atoms with E-state index in [-0.39, 0.29) is 0 Å². The van der Waals surface area contributed by atoms with Gasteiger partial charge in [0.25, 0.3) is 0 Å². The van der Waals surface area contributed by atoms with Crippen LogP contribution in [0.4, 0.5) is 19.0 Å². The molecule has 25 heavy (non-hydrogen) atoms. The summed E-state index contributed by atoms with van der Waals surface area (Å²) in [7, 11) is 0. The van der Waals surface area contributed by atoms with Crippen LogP contribution in [0.3, 0.4) is 0 Å². The number of hydrogen-bond acceptors (Lipinski definition) is 3.